The Morgan fingerprint density at radius 3 is 1.84 bits per heavy atom. The van der Waals surface area contributed by atoms with Crippen LogP contribution in [0, 0.1) is 34.5 Å². The van der Waals surface area contributed by atoms with Gasteiger partial charge in [-0.05, 0) is 114 Å². The summed E-state index contributed by atoms with van der Waals surface area (Å²) in [7, 11) is 0. The molecular weight excluding hydrogens is 756 g/mol. The highest BCUT2D eigenvalue weighted by Crippen LogP contribution is 2.70. The summed E-state index contributed by atoms with van der Waals surface area (Å²) in [6.07, 6.45) is -1.51. The van der Waals surface area contributed by atoms with E-state index in [-0.39, 0.29) is 67.7 Å². The van der Waals surface area contributed by atoms with Gasteiger partial charge in [-0.1, -0.05) is 13.8 Å². The average Bonchev–Trinajstić information content (AvgIpc) is 3.71. The highest BCUT2D eigenvalue weighted by atomic mass is 16.7. The predicted octanol–water partition coefficient (Wildman–Crippen LogP) is 2.22. The zero-order valence-corrected chi connectivity index (χ0v) is 35.1. The van der Waals surface area contributed by atoms with E-state index in [1.807, 2.05) is 13.8 Å². The van der Waals surface area contributed by atoms with Crippen molar-refractivity contribution < 1.29 is 73.7 Å². The minimum absolute atomic E-state index is 0.0452. The summed E-state index contributed by atoms with van der Waals surface area (Å²) < 4.78 is 42.1. The largest absolute Gasteiger partial charge is 0.458 e. The van der Waals surface area contributed by atoms with Crippen LogP contribution in [0.2, 0.25) is 0 Å². The number of rotatable bonds is 7. The number of hydrogen-bond donors (Lipinski definition) is 7. The molecule has 8 rings (SSSR count). The zero-order valence-electron chi connectivity index (χ0n) is 35.1. The Morgan fingerprint density at radius 1 is 0.724 bits per heavy atom. The van der Waals surface area contributed by atoms with E-state index >= 15 is 0 Å². The number of hydrogen-bond acceptors (Lipinski definition) is 15. The van der Waals surface area contributed by atoms with E-state index in [0.29, 0.717) is 18.8 Å². The van der Waals surface area contributed by atoms with Crippen molar-refractivity contribution in [3.05, 3.63) is 11.6 Å². The summed E-state index contributed by atoms with van der Waals surface area (Å²) in [5.74, 6) is 0.204. The van der Waals surface area contributed by atoms with Crippen molar-refractivity contribution in [2.24, 2.45) is 34.5 Å². The lowest BCUT2D eigenvalue weighted by Gasteiger charge is -2.65. The molecule has 0 radical (unpaired) electrons. The molecule has 0 amide bonds. The van der Waals surface area contributed by atoms with Crippen LogP contribution in [0.15, 0.2) is 11.6 Å². The maximum Gasteiger partial charge on any atom is 0.331 e. The number of aliphatic hydroxyl groups is 7. The van der Waals surface area contributed by atoms with Gasteiger partial charge in [-0.25, -0.2) is 4.79 Å². The number of aliphatic hydroxyl groups excluding tert-OH is 6. The van der Waals surface area contributed by atoms with Crippen molar-refractivity contribution in [3.63, 3.8) is 0 Å². The van der Waals surface area contributed by atoms with E-state index in [4.69, 9.17) is 38.3 Å². The third-order valence-corrected chi connectivity index (χ3v) is 16.0. The first kappa shape index (κ1) is 44.7. The van der Waals surface area contributed by atoms with E-state index in [1.165, 1.54) is 0 Å². The Bertz CT molecular complexity index is 1430. The molecule has 15 nitrogen and oxygen atoms in total. The molecule has 21 atom stereocenters. The Morgan fingerprint density at radius 2 is 1.29 bits per heavy atom. The van der Waals surface area contributed by atoms with Gasteiger partial charge in [0.15, 0.2) is 18.9 Å². The first-order valence-electron chi connectivity index (χ1n) is 22.0. The molecule has 0 bridgehead atoms. The van der Waals surface area contributed by atoms with E-state index in [9.17, 15) is 35.4 Å². The molecule has 332 valence electrons. The van der Waals surface area contributed by atoms with Crippen LogP contribution in [0.5, 0.6) is 0 Å². The summed E-state index contributed by atoms with van der Waals surface area (Å²) in [5.41, 5.74) is -0.892. The van der Waals surface area contributed by atoms with Crippen molar-refractivity contribution in [2.75, 3.05) is 13.2 Å². The van der Waals surface area contributed by atoms with Gasteiger partial charge in [-0.2, -0.15) is 0 Å². The molecule has 4 aliphatic carbocycles. The van der Waals surface area contributed by atoms with Crippen molar-refractivity contribution in [1.29, 1.82) is 0 Å². The quantitative estimate of drug-likeness (QED) is 0.145. The smallest absolute Gasteiger partial charge is 0.331 e. The van der Waals surface area contributed by atoms with Gasteiger partial charge < -0.3 is 68.9 Å². The highest BCUT2D eigenvalue weighted by Gasteiger charge is 2.71. The molecule has 0 aromatic heterocycles. The summed E-state index contributed by atoms with van der Waals surface area (Å²) in [6, 6.07) is 0. The number of carbonyl (C=O) groups is 1. The highest BCUT2D eigenvalue weighted by molar-refractivity contribution is 5.85. The zero-order chi connectivity index (χ0) is 41.9. The molecule has 8 aliphatic rings. The Balaban J connectivity index is 0.00000166. The van der Waals surface area contributed by atoms with Crippen molar-refractivity contribution in [1.82, 2.24) is 0 Å². The molecule has 15 heteroatoms. The fourth-order valence-corrected chi connectivity index (χ4v) is 12.8. The van der Waals surface area contributed by atoms with Gasteiger partial charge in [-0.3, -0.25) is 0 Å². The fourth-order valence-electron chi connectivity index (χ4n) is 12.8. The van der Waals surface area contributed by atoms with Gasteiger partial charge >= 0.3 is 5.97 Å². The number of esters is 1. The molecule has 4 heterocycles. The van der Waals surface area contributed by atoms with Crippen molar-refractivity contribution in [2.45, 2.75) is 204 Å². The Labute approximate surface area is 342 Å². The lowest BCUT2D eigenvalue weighted by molar-refractivity contribution is -0.336. The monoisotopic (exact) mass is 826 g/mol. The SMILES string of the molecule is CCO.C[C@H]1O[C@@H](O[C@H]2[C@@H](O)C[C@H](O[C@H]3[C@@H](O)C[C@H](O[C@H]4CC[C@@]5(C)[C@H](CC[C@@H]6[C@@H]5C[C@@H](O)[C@]5(C)[C@@H](C7=CC(=O)OC7)CC[C@]65O)C4)O[C@@H]3C)O[C@@H]2C)C[C@H](O)[C@@H]1O. The van der Waals surface area contributed by atoms with Crippen LogP contribution < -0.4 is 0 Å². The number of ether oxygens (including phenoxy) is 7. The molecule has 0 spiro atoms. The molecule has 0 aromatic carbocycles. The van der Waals surface area contributed by atoms with Gasteiger partial charge in [0.2, 0.25) is 0 Å². The van der Waals surface area contributed by atoms with Crippen LogP contribution in [0.3, 0.4) is 0 Å². The summed E-state index contributed by atoms with van der Waals surface area (Å²) >= 11 is 0. The van der Waals surface area contributed by atoms with E-state index < -0.39 is 90.9 Å². The van der Waals surface area contributed by atoms with E-state index in [1.54, 1.807) is 26.8 Å². The molecule has 0 aromatic rings. The predicted molar refractivity (Wildman–Crippen MR) is 205 cm³/mol. The molecule has 7 fully saturated rings. The first-order chi connectivity index (χ1) is 27.4. The van der Waals surface area contributed by atoms with E-state index in [0.717, 1.165) is 44.1 Å². The Hall–Kier alpha value is -1.31. The van der Waals surface area contributed by atoms with Crippen LogP contribution in [0.4, 0.5) is 0 Å². The summed E-state index contributed by atoms with van der Waals surface area (Å²) in [6.45, 7) is 11.8. The van der Waals surface area contributed by atoms with Crippen LogP contribution >= 0.6 is 0 Å². The van der Waals surface area contributed by atoms with Crippen molar-refractivity contribution in [3.8, 4) is 0 Å². The molecule has 3 saturated heterocycles. The number of carbonyl (C=O) groups excluding carboxylic acids is 1. The molecule has 58 heavy (non-hydrogen) atoms. The molecule has 0 unspecified atom stereocenters. The van der Waals surface area contributed by atoms with Crippen LogP contribution in [-0.4, -0.2) is 147 Å². The third kappa shape index (κ3) is 8.08. The van der Waals surface area contributed by atoms with Gasteiger partial charge in [0.05, 0.1) is 54.4 Å². The second-order valence-corrected chi connectivity index (χ2v) is 19.1. The first-order valence-corrected chi connectivity index (χ1v) is 22.0. The molecule has 4 aliphatic heterocycles. The number of cyclic esters (lactones) is 1. The van der Waals surface area contributed by atoms with Gasteiger partial charge in [-0.15, -0.1) is 0 Å². The minimum atomic E-state index is -1.01. The number of fused-ring (bicyclic) bond motifs is 5. The standard InChI is InChI=1S/C41H64O14.C2H6O/c1-19-36(47)28(42)15-34(50-19)54-38-21(3)52-35(17-30(38)44)55-37-20(2)51-33(16-29(37)43)53-24-8-10-39(4)23(13-24)6-7-26-27(39)14-31(45)40(5)25(9-11-41(26,40)48)22-12-32(46)49-18-22;1-2-3/h12,19-21,23-31,33-38,42-45,47-48H,6-11,13-18H2,1-5H3;3H,2H2,1H3/t19-,20-,21-,23-,24+,25-,26-,27+,28+,29+,30+,31-,33+,34+,35+,36-,37-,38-,39+,40+,41+;/m1./s1. The van der Waals surface area contributed by atoms with Gasteiger partial charge in [0, 0.05) is 37.4 Å². The fraction of sp³-hybridized carbons (Fsp3) is 0.930. The molecule has 7 N–H and O–H groups in total. The Kier molecular flexibility index (Phi) is 13.5. The van der Waals surface area contributed by atoms with E-state index in [2.05, 4.69) is 6.92 Å². The second kappa shape index (κ2) is 17.5. The van der Waals surface area contributed by atoms with Gasteiger partial charge in [0.1, 0.15) is 24.9 Å². The second-order valence-electron chi connectivity index (χ2n) is 19.1. The maximum absolute atomic E-state index is 12.6. The summed E-state index contributed by atoms with van der Waals surface area (Å²) in [4.78, 5) is 11.9. The van der Waals surface area contributed by atoms with Gasteiger partial charge in [0.25, 0.3) is 0 Å². The minimum Gasteiger partial charge on any atom is -0.458 e. The van der Waals surface area contributed by atoms with Crippen LogP contribution in [-0.2, 0) is 38.0 Å². The van der Waals surface area contributed by atoms with Crippen LogP contribution in [0.1, 0.15) is 112 Å². The maximum atomic E-state index is 12.6. The normalized spacial score (nSPS) is 53.0. The third-order valence-electron chi connectivity index (χ3n) is 16.0. The topological polar surface area (TPSA) is 223 Å². The molecular formula is C43H70O15. The molecule has 4 saturated carbocycles. The van der Waals surface area contributed by atoms with Crippen molar-refractivity contribution >= 4 is 5.97 Å². The summed E-state index contributed by atoms with van der Waals surface area (Å²) in [5, 5.41) is 74.4. The lowest BCUT2D eigenvalue weighted by atomic mass is 9.42. The average molecular weight is 827 g/mol. The lowest BCUT2D eigenvalue weighted by Crippen LogP contribution is -2.67. The van der Waals surface area contributed by atoms with Crippen LogP contribution in [0.25, 0.3) is 0 Å².